The summed E-state index contributed by atoms with van der Waals surface area (Å²) in [5, 5.41) is 8.51. The third-order valence-corrected chi connectivity index (χ3v) is 1.78. The van der Waals surface area contributed by atoms with Crippen molar-refractivity contribution in [1.29, 1.82) is 5.26 Å². The van der Waals surface area contributed by atoms with Crippen LogP contribution in [0.5, 0.6) is 5.75 Å². The molecule has 0 fully saturated rings. The molecule has 80 valence electrons. The third-order valence-electron chi connectivity index (χ3n) is 1.78. The van der Waals surface area contributed by atoms with Crippen LogP contribution in [0.15, 0.2) is 6.07 Å². The van der Waals surface area contributed by atoms with Crippen molar-refractivity contribution in [3.05, 3.63) is 17.3 Å². The maximum Gasteiger partial charge on any atom is 0.284 e. The maximum absolute atomic E-state index is 12.5. The number of nitrogens with zero attached hydrogens (tertiary/aromatic N) is 2. The molecule has 0 saturated carbocycles. The molecule has 0 atom stereocenters. The van der Waals surface area contributed by atoms with E-state index in [2.05, 4.69) is 4.98 Å². The number of aromatic nitrogens is 1. The standard InChI is InChI=1S/C9H9F2N3O/c1-15-8-5(2-3-12)4-6(13)14-7(8)9(10)11/h4,9H,2H2,1H3,(H2,13,14). The molecule has 0 saturated heterocycles. The Hall–Kier alpha value is -1.90. The first-order valence-electron chi connectivity index (χ1n) is 4.08. The normalized spacial score (nSPS) is 10.1. The molecule has 0 unspecified atom stereocenters. The van der Waals surface area contributed by atoms with Gasteiger partial charge in [-0.3, -0.25) is 0 Å². The summed E-state index contributed by atoms with van der Waals surface area (Å²) in [6.07, 6.45) is -2.82. The summed E-state index contributed by atoms with van der Waals surface area (Å²) >= 11 is 0. The predicted molar refractivity (Wildman–Crippen MR) is 49.5 cm³/mol. The molecule has 0 spiro atoms. The molecule has 0 radical (unpaired) electrons. The largest absolute Gasteiger partial charge is 0.494 e. The minimum atomic E-state index is -2.78. The molecule has 1 heterocycles. The van der Waals surface area contributed by atoms with Crippen molar-refractivity contribution in [3.8, 4) is 11.8 Å². The average molecular weight is 213 g/mol. The Morgan fingerprint density at radius 1 is 1.67 bits per heavy atom. The second-order valence-electron chi connectivity index (χ2n) is 2.76. The SMILES string of the molecule is COc1c(CC#N)cc(N)nc1C(F)F. The van der Waals surface area contributed by atoms with Crippen molar-refractivity contribution in [2.45, 2.75) is 12.8 Å². The first kappa shape index (κ1) is 11.2. The monoisotopic (exact) mass is 213 g/mol. The Morgan fingerprint density at radius 3 is 2.80 bits per heavy atom. The van der Waals surface area contributed by atoms with Crippen LogP contribution in [-0.2, 0) is 6.42 Å². The number of anilines is 1. The smallest absolute Gasteiger partial charge is 0.284 e. The average Bonchev–Trinajstić information content (AvgIpc) is 2.17. The predicted octanol–water partition coefficient (Wildman–Crippen LogP) is 1.68. The lowest BCUT2D eigenvalue weighted by molar-refractivity contribution is 0.141. The number of nitrogen functional groups attached to an aromatic ring is 1. The van der Waals surface area contributed by atoms with Gasteiger partial charge in [-0.1, -0.05) is 0 Å². The van der Waals surface area contributed by atoms with Crippen molar-refractivity contribution in [1.82, 2.24) is 4.98 Å². The molecule has 1 aromatic heterocycles. The van der Waals surface area contributed by atoms with Gasteiger partial charge in [-0.2, -0.15) is 5.26 Å². The molecule has 1 rings (SSSR count). The van der Waals surface area contributed by atoms with Gasteiger partial charge >= 0.3 is 0 Å². The molecular weight excluding hydrogens is 204 g/mol. The first-order valence-corrected chi connectivity index (χ1v) is 4.08. The Kier molecular flexibility index (Phi) is 3.39. The van der Waals surface area contributed by atoms with E-state index >= 15 is 0 Å². The van der Waals surface area contributed by atoms with Gasteiger partial charge in [-0.15, -0.1) is 0 Å². The van der Waals surface area contributed by atoms with Crippen LogP contribution < -0.4 is 10.5 Å². The number of ether oxygens (including phenoxy) is 1. The van der Waals surface area contributed by atoms with Crippen LogP contribution in [0.1, 0.15) is 17.7 Å². The lowest BCUT2D eigenvalue weighted by Crippen LogP contribution is -2.04. The molecule has 6 heteroatoms. The Balaban J connectivity index is 3.33. The Morgan fingerprint density at radius 2 is 2.33 bits per heavy atom. The van der Waals surface area contributed by atoms with Crippen LogP contribution in [0.2, 0.25) is 0 Å². The lowest BCUT2D eigenvalue weighted by atomic mass is 10.1. The van der Waals surface area contributed by atoms with E-state index in [-0.39, 0.29) is 18.0 Å². The minimum absolute atomic E-state index is 0.0450. The quantitative estimate of drug-likeness (QED) is 0.828. The van der Waals surface area contributed by atoms with E-state index in [9.17, 15) is 8.78 Å². The molecule has 0 amide bonds. The molecule has 0 aliphatic carbocycles. The van der Waals surface area contributed by atoms with Gasteiger partial charge in [0.25, 0.3) is 6.43 Å². The van der Waals surface area contributed by atoms with Crippen LogP contribution in [0.4, 0.5) is 14.6 Å². The van der Waals surface area contributed by atoms with Crippen molar-refractivity contribution < 1.29 is 13.5 Å². The molecule has 0 aliphatic rings. The molecular formula is C9H9F2N3O. The van der Waals surface area contributed by atoms with E-state index in [4.69, 9.17) is 15.7 Å². The Bertz CT molecular complexity index is 401. The highest BCUT2D eigenvalue weighted by molar-refractivity contribution is 5.47. The summed E-state index contributed by atoms with van der Waals surface area (Å²) in [6, 6.07) is 3.20. The summed E-state index contributed by atoms with van der Waals surface area (Å²) in [5.74, 6) is -0.114. The Labute approximate surface area is 85.3 Å². The lowest BCUT2D eigenvalue weighted by Gasteiger charge is -2.11. The number of nitrogens with two attached hydrogens (primary N) is 1. The van der Waals surface area contributed by atoms with E-state index in [0.717, 1.165) is 0 Å². The summed E-state index contributed by atoms with van der Waals surface area (Å²) in [6.45, 7) is 0. The van der Waals surface area contributed by atoms with Crippen LogP contribution >= 0.6 is 0 Å². The fourth-order valence-electron chi connectivity index (χ4n) is 1.23. The zero-order valence-corrected chi connectivity index (χ0v) is 8.00. The number of pyridine rings is 1. The first-order chi connectivity index (χ1) is 7.10. The number of halogens is 2. The van der Waals surface area contributed by atoms with E-state index in [1.807, 2.05) is 6.07 Å². The fourth-order valence-corrected chi connectivity index (χ4v) is 1.23. The molecule has 0 aromatic carbocycles. The highest BCUT2D eigenvalue weighted by Crippen LogP contribution is 2.31. The molecule has 15 heavy (non-hydrogen) atoms. The number of methoxy groups -OCH3 is 1. The summed E-state index contributed by atoms with van der Waals surface area (Å²) in [4.78, 5) is 3.48. The number of hydrogen-bond acceptors (Lipinski definition) is 4. The number of alkyl halides is 2. The highest BCUT2D eigenvalue weighted by atomic mass is 19.3. The van der Waals surface area contributed by atoms with Gasteiger partial charge in [-0.25, -0.2) is 13.8 Å². The number of rotatable bonds is 3. The minimum Gasteiger partial charge on any atom is -0.494 e. The second-order valence-corrected chi connectivity index (χ2v) is 2.76. The van der Waals surface area contributed by atoms with Gasteiger partial charge in [-0.05, 0) is 6.07 Å². The third kappa shape index (κ3) is 2.31. The topological polar surface area (TPSA) is 71.9 Å². The van der Waals surface area contributed by atoms with Crippen molar-refractivity contribution in [3.63, 3.8) is 0 Å². The second kappa shape index (κ2) is 4.55. The van der Waals surface area contributed by atoms with Gasteiger partial charge in [0.05, 0.1) is 19.6 Å². The van der Waals surface area contributed by atoms with Gasteiger partial charge in [0.1, 0.15) is 5.82 Å². The summed E-state index contributed by atoms with van der Waals surface area (Å²) in [7, 11) is 1.25. The van der Waals surface area contributed by atoms with Crippen molar-refractivity contribution in [2.75, 3.05) is 12.8 Å². The maximum atomic E-state index is 12.5. The molecule has 2 N–H and O–H groups in total. The highest BCUT2D eigenvalue weighted by Gasteiger charge is 2.19. The molecule has 4 nitrogen and oxygen atoms in total. The van der Waals surface area contributed by atoms with Crippen LogP contribution in [-0.4, -0.2) is 12.1 Å². The van der Waals surface area contributed by atoms with E-state index in [1.165, 1.54) is 13.2 Å². The zero-order chi connectivity index (χ0) is 11.4. The van der Waals surface area contributed by atoms with Crippen LogP contribution in [0, 0.1) is 11.3 Å². The zero-order valence-electron chi connectivity index (χ0n) is 8.00. The van der Waals surface area contributed by atoms with E-state index < -0.39 is 12.1 Å². The molecule has 0 aliphatic heterocycles. The van der Waals surface area contributed by atoms with Crippen LogP contribution in [0.3, 0.4) is 0 Å². The van der Waals surface area contributed by atoms with E-state index in [1.54, 1.807) is 0 Å². The van der Waals surface area contributed by atoms with Gasteiger partial charge in [0.2, 0.25) is 0 Å². The van der Waals surface area contributed by atoms with Crippen molar-refractivity contribution >= 4 is 5.82 Å². The fraction of sp³-hybridized carbons (Fsp3) is 0.333. The van der Waals surface area contributed by atoms with Crippen molar-refractivity contribution in [2.24, 2.45) is 0 Å². The van der Waals surface area contributed by atoms with Gasteiger partial charge < -0.3 is 10.5 Å². The van der Waals surface area contributed by atoms with Crippen LogP contribution in [0.25, 0.3) is 0 Å². The van der Waals surface area contributed by atoms with Gasteiger partial charge in [0, 0.05) is 5.56 Å². The summed E-state index contributed by atoms with van der Waals surface area (Å²) in [5.41, 5.74) is 5.14. The molecule has 1 aromatic rings. The number of nitriles is 1. The number of hydrogen-bond donors (Lipinski definition) is 1. The van der Waals surface area contributed by atoms with E-state index in [0.29, 0.717) is 5.56 Å². The van der Waals surface area contributed by atoms with Gasteiger partial charge in [0.15, 0.2) is 11.4 Å². The molecule has 0 bridgehead atoms. The summed E-state index contributed by atoms with van der Waals surface area (Å²) < 4.78 is 29.9.